The van der Waals surface area contributed by atoms with Crippen LogP contribution in [0, 0.1) is 12.8 Å². The zero-order valence-electron chi connectivity index (χ0n) is 35.7. The number of fused-ring (bicyclic) bond motifs is 2. The van der Waals surface area contributed by atoms with Gasteiger partial charge in [0.25, 0.3) is 0 Å². The van der Waals surface area contributed by atoms with Crippen molar-refractivity contribution in [2.24, 2.45) is 5.92 Å². The summed E-state index contributed by atoms with van der Waals surface area (Å²) in [6.07, 6.45) is 7.47. The van der Waals surface area contributed by atoms with Crippen LogP contribution >= 0.6 is 24.8 Å². The fraction of sp³-hybridized carbons (Fsp3) is 0.346. The Bertz CT molecular complexity index is 2340. The van der Waals surface area contributed by atoms with Crippen LogP contribution in [0.1, 0.15) is 114 Å². The summed E-state index contributed by atoms with van der Waals surface area (Å²) in [7, 11) is 0. The van der Waals surface area contributed by atoms with Crippen molar-refractivity contribution >= 4 is 43.8 Å². The summed E-state index contributed by atoms with van der Waals surface area (Å²) in [5, 5.41) is 0. The fourth-order valence-corrected chi connectivity index (χ4v) is 29.9. The van der Waals surface area contributed by atoms with Gasteiger partial charge < -0.3 is 0 Å². The van der Waals surface area contributed by atoms with E-state index < -0.39 is 17.4 Å². The van der Waals surface area contributed by atoms with Crippen molar-refractivity contribution in [1.29, 1.82) is 0 Å². The Balaban J connectivity index is 0.00000300. The number of hydrogen-bond donors (Lipinski definition) is 0. The van der Waals surface area contributed by atoms with E-state index in [1.165, 1.54) is 55.6 Å². The molecule has 2 aliphatic rings. The van der Waals surface area contributed by atoms with Crippen LogP contribution in [-0.2, 0) is 34.6 Å². The van der Waals surface area contributed by atoms with Crippen molar-refractivity contribution in [2.75, 3.05) is 0 Å². The minimum Gasteiger partial charge on any atom is -0.147 e. The second-order valence-corrected chi connectivity index (χ2v) is 50.5. The molecular formula is C52H64Cl2SiZr. The number of rotatable bonds is 8. The van der Waals surface area contributed by atoms with E-state index in [-0.39, 0.29) is 35.6 Å². The fourth-order valence-electron chi connectivity index (χ4n) is 9.92. The minimum atomic E-state index is -3.91. The average Bonchev–Trinajstić information content (AvgIpc) is 3.73. The van der Waals surface area contributed by atoms with Crippen LogP contribution in [-0.4, -0.2) is 6.88 Å². The number of aryl methyl sites for hydroxylation is 2. The molecule has 0 heterocycles. The van der Waals surface area contributed by atoms with Crippen molar-refractivity contribution in [1.82, 2.24) is 0 Å². The van der Waals surface area contributed by atoms with Crippen LogP contribution in [0.15, 0.2) is 120 Å². The van der Waals surface area contributed by atoms with Crippen LogP contribution in [0.2, 0.25) is 9.26 Å². The third kappa shape index (κ3) is 8.25. The zero-order chi connectivity index (χ0) is 38.8. The molecule has 5 aromatic rings. The van der Waals surface area contributed by atoms with E-state index in [9.17, 15) is 0 Å². The maximum Gasteiger partial charge on any atom is -0.147 e. The Morgan fingerprint density at radius 3 is 1.64 bits per heavy atom. The molecule has 0 saturated heterocycles. The van der Waals surface area contributed by atoms with Gasteiger partial charge in [0.05, 0.1) is 0 Å². The van der Waals surface area contributed by atoms with Crippen molar-refractivity contribution in [2.45, 2.75) is 103 Å². The number of allylic oxidation sites excluding steroid dienone is 2. The molecule has 7 rings (SSSR count). The Morgan fingerprint density at radius 2 is 1.12 bits per heavy atom. The molecule has 0 N–H and O–H groups in total. The van der Waals surface area contributed by atoms with Gasteiger partial charge in [0.1, 0.15) is 0 Å². The maximum absolute atomic E-state index is 3.91. The Hall–Kier alpha value is -2.74. The second kappa shape index (κ2) is 16.1. The molecule has 0 aromatic heterocycles. The Kier molecular flexibility index (Phi) is 12.8. The van der Waals surface area contributed by atoms with Crippen LogP contribution in [0.25, 0.3) is 34.4 Å². The molecule has 0 nitrogen and oxygen atoms in total. The van der Waals surface area contributed by atoms with Gasteiger partial charge in [0.15, 0.2) is 0 Å². The molecule has 2 aliphatic carbocycles. The quantitative estimate of drug-likeness (QED) is 0.136. The number of benzene rings is 5. The van der Waals surface area contributed by atoms with Crippen LogP contribution in [0.4, 0.5) is 0 Å². The van der Waals surface area contributed by atoms with Crippen LogP contribution in [0.3, 0.4) is 0 Å². The van der Waals surface area contributed by atoms with E-state index in [4.69, 9.17) is 0 Å². The monoisotopic (exact) mass is 876 g/mol. The molecule has 2 atom stereocenters. The van der Waals surface area contributed by atoms with Crippen LogP contribution in [0.5, 0.6) is 0 Å². The maximum atomic E-state index is 2.82. The number of hydrogen-bond acceptors (Lipinski definition) is 0. The van der Waals surface area contributed by atoms with Gasteiger partial charge in [-0.15, -0.1) is 24.8 Å². The summed E-state index contributed by atoms with van der Waals surface area (Å²) < 4.78 is 6.57. The Morgan fingerprint density at radius 1 is 0.589 bits per heavy atom. The number of halogens is 2. The SMILES string of the molecule is Cc1ccc(-c2ccc(C(C)(C)C)cc2)c2c1[CH]([Zr]([CH3])([CH3])(=[SiH2])[CH]1C(C(C)C)=Cc3c(-c4ccc(C(C)(C)C)cc4)cccc31)C(CCc1ccccc1)=C2.Cl.Cl. The molecule has 0 spiro atoms. The molecule has 56 heavy (non-hydrogen) atoms. The molecular weight excluding hydrogens is 815 g/mol. The first kappa shape index (κ1) is 44.4. The molecule has 2 unspecified atom stereocenters. The smallest absolute Gasteiger partial charge is 0.147 e. The molecule has 0 fully saturated rings. The molecule has 294 valence electrons. The van der Waals surface area contributed by atoms with Crippen molar-refractivity contribution in [3.63, 3.8) is 0 Å². The summed E-state index contributed by atoms with van der Waals surface area (Å²) >= 11 is -3.91. The van der Waals surface area contributed by atoms with Crippen molar-refractivity contribution in [3.8, 4) is 22.3 Å². The third-order valence-electron chi connectivity index (χ3n) is 12.8. The summed E-state index contributed by atoms with van der Waals surface area (Å²) in [4.78, 5) is 0. The van der Waals surface area contributed by atoms with E-state index in [2.05, 4.69) is 200 Å². The van der Waals surface area contributed by atoms with Gasteiger partial charge >= 0.3 is 332 Å². The van der Waals surface area contributed by atoms with Crippen molar-refractivity contribution < 1.29 is 17.4 Å². The first-order valence-electron chi connectivity index (χ1n) is 20.3. The summed E-state index contributed by atoms with van der Waals surface area (Å²) in [6.45, 7) is 23.6. The summed E-state index contributed by atoms with van der Waals surface area (Å²) in [6, 6.07) is 42.1. The molecule has 0 radical (unpaired) electrons. The summed E-state index contributed by atoms with van der Waals surface area (Å²) in [5.74, 6) is 0.474. The molecule has 4 heteroatoms. The van der Waals surface area contributed by atoms with Gasteiger partial charge in [-0.3, -0.25) is 0 Å². The first-order valence-corrected chi connectivity index (χ1v) is 34.0. The topological polar surface area (TPSA) is 0 Å². The minimum absolute atomic E-state index is 0. The van der Waals surface area contributed by atoms with Gasteiger partial charge in [-0.1, -0.05) is 0 Å². The predicted molar refractivity (Wildman–Crippen MR) is 252 cm³/mol. The largest absolute Gasteiger partial charge is 0.147 e. The van der Waals surface area contributed by atoms with Gasteiger partial charge in [0.2, 0.25) is 0 Å². The molecule has 0 saturated carbocycles. The summed E-state index contributed by atoms with van der Waals surface area (Å²) in [5.41, 5.74) is 20.8. The first-order chi connectivity index (χ1) is 25.3. The van der Waals surface area contributed by atoms with E-state index in [1.807, 2.05) is 0 Å². The van der Waals surface area contributed by atoms with E-state index in [0.29, 0.717) is 13.2 Å². The molecule has 0 amide bonds. The average molecular weight is 879 g/mol. The standard InChI is InChI=1S/C28H29.C22H25.2CH3.2ClH.H2Si.Zr/c1-20-10-17-25(23-13-15-24(16-14-23)28(2,3)4)27-19-22(18-26(20)27)12-11-21-8-6-5-7-9-21;1-15(2)18-13-17-7-6-8-20(21(17)14-18)16-9-11-19(12-10-16)22(3,4)5;;;;;;/h5-10,13-19H,11-12H2,1-4H3;6-15H,1-5H3;2*1H3;2*1H;1H2;. The third-order valence-corrected chi connectivity index (χ3v) is 30.2. The normalized spacial score (nSPS) is 16.7. The Labute approximate surface area is 354 Å². The predicted octanol–water partition coefficient (Wildman–Crippen LogP) is 15.0. The van der Waals surface area contributed by atoms with Gasteiger partial charge in [0, 0.05) is 0 Å². The van der Waals surface area contributed by atoms with E-state index >= 15 is 0 Å². The van der Waals surface area contributed by atoms with Crippen molar-refractivity contribution in [3.05, 3.63) is 165 Å². The zero-order valence-corrected chi connectivity index (χ0v) is 41.2. The van der Waals surface area contributed by atoms with Gasteiger partial charge in [-0.05, 0) is 0 Å². The second-order valence-electron chi connectivity index (χ2n) is 20.0. The molecule has 5 aromatic carbocycles. The van der Waals surface area contributed by atoms with Crippen LogP contribution < -0.4 is 0 Å². The molecule has 0 aliphatic heterocycles. The molecule has 0 bridgehead atoms. The van der Waals surface area contributed by atoms with Gasteiger partial charge in [-0.2, -0.15) is 0 Å². The van der Waals surface area contributed by atoms with Gasteiger partial charge in [-0.25, -0.2) is 0 Å². The van der Waals surface area contributed by atoms with E-state index in [0.717, 1.165) is 12.8 Å². The van der Waals surface area contributed by atoms with E-state index in [1.54, 1.807) is 22.3 Å².